The van der Waals surface area contributed by atoms with E-state index < -0.39 is 11.7 Å². The monoisotopic (exact) mass is 279 g/mol. The van der Waals surface area contributed by atoms with E-state index in [1.165, 1.54) is 10.5 Å². The van der Waals surface area contributed by atoms with Crippen molar-refractivity contribution in [2.75, 3.05) is 0 Å². The zero-order chi connectivity index (χ0) is 11.1. The highest BCUT2D eigenvalue weighted by atomic mass is 79.9. The van der Waals surface area contributed by atoms with Gasteiger partial charge in [-0.25, -0.2) is 0 Å². The van der Waals surface area contributed by atoms with Crippen molar-refractivity contribution in [2.45, 2.75) is 11.5 Å². The first-order valence-electron chi connectivity index (χ1n) is 3.99. The largest absolute Gasteiger partial charge is 0.417 e. The summed E-state index contributed by atoms with van der Waals surface area (Å²) in [7, 11) is 0. The number of aromatic nitrogens is 3. The van der Waals surface area contributed by atoms with E-state index in [2.05, 4.69) is 26.1 Å². The number of nitrogens with zero attached hydrogens (tertiary/aromatic N) is 3. The Balaban J connectivity index is 2.63. The molecule has 0 amide bonds. The second-order valence-corrected chi connectivity index (χ2v) is 3.45. The summed E-state index contributed by atoms with van der Waals surface area (Å²) in [5.41, 5.74) is -0.311. The third-order valence-electron chi connectivity index (χ3n) is 1.92. The molecular formula is C8H5BrF3N3. The molecule has 0 bridgehead atoms. The molecule has 0 aromatic carbocycles. The van der Waals surface area contributed by atoms with Crippen LogP contribution in [-0.2, 0) is 11.5 Å². The van der Waals surface area contributed by atoms with Gasteiger partial charge in [0, 0.05) is 6.20 Å². The Bertz CT molecular complexity index is 491. The van der Waals surface area contributed by atoms with Crippen LogP contribution >= 0.6 is 15.9 Å². The Morgan fingerprint density at radius 2 is 2.00 bits per heavy atom. The van der Waals surface area contributed by atoms with Crippen LogP contribution in [0.15, 0.2) is 18.3 Å². The molecule has 3 nitrogen and oxygen atoms in total. The van der Waals surface area contributed by atoms with Gasteiger partial charge < -0.3 is 0 Å². The number of halogens is 4. The predicted molar refractivity (Wildman–Crippen MR) is 50.6 cm³/mol. The van der Waals surface area contributed by atoms with Gasteiger partial charge in [-0.15, -0.1) is 10.2 Å². The van der Waals surface area contributed by atoms with Gasteiger partial charge in [0.2, 0.25) is 0 Å². The van der Waals surface area contributed by atoms with E-state index in [0.717, 1.165) is 12.3 Å². The van der Waals surface area contributed by atoms with Crippen molar-refractivity contribution in [1.29, 1.82) is 0 Å². The van der Waals surface area contributed by atoms with Gasteiger partial charge in [0.05, 0.1) is 10.9 Å². The molecule has 0 aliphatic heterocycles. The van der Waals surface area contributed by atoms with Crippen LogP contribution in [0, 0.1) is 0 Å². The molecule has 0 N–H and O–H groups in total. The number of pyridine rings is 1. The van der Waals surface area contributed by atoms with Crippen LogP contribution in [0.25, 0.3) is 5.65 Å². The first kappa shape index (κ1) is 10.4. The van der Waals surface area contributed by atoms with Crippen LogP contribution in [-0.4, -0.2) is 14.6 Å². The van der Waals surface area contributed by atoms with E-state index in [1.54, 1.807) is 0 Å². The minimum atomic E-state index is -4.35. The number of rotatable bonds is 1. The van der Waals surface area contributed by atoms with Crippen molar-refractivity contribution in [3.05, 3.63) is 29.7 Å². The third-order valence-corrected chi connectivity index (χ3v) is 2.42. The first-order valence-corrected chi connectivity index (χ1v) is 5.11. The Morgan fingerprint density at radius 3 is 2.60 bits per heavy atom. The summed E-state index contributed by atoms with van der Waals surface area (Å²) in [4.78, 5) is 0. The summed E-state index contributed by atoms with van der Waals surface area (Å²) in [6.45, 7) is 0. The zero-order valence-electron chi connectivity index (χ0n) is 7.29. The molecule has 0 saturated carbocycles. The van der Waals surface area contributed by atoms with Crippen LogP contribution in [0.4, 0.5) is 13.2 Å². The lowest BCUT2D eigenvalue weighted by molar-refractivity contribution is -0.137. The molecule has 0 saturated heterocycles. The summed E-state index contributed by atoms with van der Waals surface area (Å²) in [5.74, 6) is 0.441. The normalized spacial score (nSPS) is 12.3. The van der Waals surface area contributed by atoms with E-state index >= 15 is 0 Å². The van der Waals surface area contributed by atoms with E-state index in [-0.39, 0.29) is 0 Å². The minimum Gasteiger partial charge on any atom is -0.285 e. The van der Waals surface area contributed by atoms with Crippen LogP contribution < -0.4 is 0 Å². The van der Waals surface area contributed by atoms with Crippen LogP contribution in [0.5, 0.6) is 0 Å². The summed E-state index contributed by atoms with van der Waals surface area (Å²) in [6, 6.07) is 2.28. The highest BCUT2D eigenvalue weighted by Gasteiger charge is 2.31. The lowest BCUT2D eigenvalue weighted by atomic mass is 10.3. The van der Waals surface area contributed by atoms with Gasteiger partial charge in [0.25, 0.3) is 0 Å². The maximum Gasteiger partial charge on any atom is 0.417 e. The first-order chi connectivity index (χ1) is 7.02. The Labute approximate surface area is 91.1 Å². The van der Waals surface area contributed by atoms with Crippen molar-refractivity contribution in [1.82, 2.24) is 14.6 Å². The van der Waals surface area contributed by atoms with Gasteiger partial charge in [0.1, 0.15) is 5.82 Å². The average Bonchev–Trinajstić information content (AvgIpc) is 2.57. The predicted octanol–water partition coefficient (Wildman–Crippen LogP) is 2.64. The second kappa shape index (κ2) is 3.48. The molecule has 2 heterocycles. The van der Waals surface area contributed by atoms with Crippen LogP contribution in [0.2, 0.25) is 0 Å². The fourth-order valence-electron chi connectivity index (χ4n) is 1.20. The van der Waals surface area contributed by atoms with Crippen LogP contribution in [0.1, 0.15) is 11.4 Å². The average molecular weight is 280 g/mol. The lowest BCUT2D eigenvalue weighted by Gasteiger charge is -2.06. The van der Waals surface area contributed by atoms with Gasteiger partial charge in [0.15, 0.2) is 5.65 Å². The van der Waals surface area contributed by atoms with Gasteiger partial charge in [-0.1, -0.05) is 15.9 Å². The Morgan fingerprint density at radius 1 is 1.27 bits per heavy atom. The molecule has 0 aliphatic rings. The molecule has 0 atom stereocenters. The quantitative estimate of drug-likeness (QED) is 0.752. The molecule has 80 valence electrons. The van der Waals surface area contributed by atoms with Gasteiger partial charge in [-0.2, -0.15) is 13.2 Å². The maximum atomic E-state index is 12.4. The molecule has 0 unspecified atom stereocenters. The fraction of sp³-hybridized carbons (Fsp3) is 0.250. The van der Waals surface area contributed by atoms with E-state index in [4.69, 9.17) is 0 Å². The second-order valence-electron chi connectivity index (χ2n) is 2.89. The number of hydrogen-bond donors (Lipinski definition) is 0. The molecule has 0 fully saturated rings. The van der Waals surface area contributed by atoms with Crippen molar-refractivity contribution in [3.63, 3.8) is 0 Å². The van der Waals surface area contributed by atoms with Crippen LogP contribution in [0.3, 0.4) is 0 Å². The van der Waals surface area contributed by atoms with E-state index in [1.807, 2.05) is 0 Å². The Hall–Kier alpha value is -1.11. The van der Waals surface area contributed by atoms with Crippen molar-refractivity contribution in [3.8, 4) is 0 Å². The van der Waals surface area contributed by atoms with Crippen molar-refractivity contribution in [2.24, 2.45) is 0 Å². The molecule has 15 heavy (non-hydrogen) atoms. The molecule has 0 radical (unpaired) electrons. The smallest absolute Gasteiger partial charge is 0.285 e. The standard InChI is InChI=1S/C8H5BrF3N3/c9-3-7-14-13-6-2-1-5(4-15(6)7)8(10,11)12/h1-2,4H,3H2. The zero-order valence-corrected chi connectivity index (χ0v) is 8.88. The summed E-state index contributed by atoms with van der Waals surface area (Å²) < 4.78 is 38.5. The molecule has 0 spiro atoms. The fourth-order valence-corrected chi connectivity index (χ4v) is 1.58. The topological polar surface area (TPSA) is 30.2 Å². The molecule has 2 aromatic rings. The summed E-state index contributed by atoms with van der Waals surface area (Å²) in [6.07, 6.45) is -3.35. The summed E-state index contributed by atoms with van der Waals surface area (Å²) >= 11 is 3.13. The number of hydrogen-bond acceptors (Lipinski definition) is 2. The highest BCUT2D eigenvalue weighted by molar-refractivity contribution is 9.08. The van der Waals surface area contributed by atoms with E-state index in [0.29, 0.717) is 16.8 Å². The van der Waals surface area contributed by atoms with Gasteiger partial charge in [-0.05, 0) is 12.1 Å². The molecule has 2 rings (SSSR count). The minimum absolute atomic E-state index is 0.357. The summed E-state index contributed by atoms with van der Waals surface area (Å²) in [5, 5.41) is 7.82. The lowest BCUT2D eigenvalue weighted by Crippen LogP contribution is -2.06. The van der Waals surface area contributed by atoms with Gasteiger partial charge >= 0.3 is 6.18 Å². The molecule has 2 aromatic heterocycles. The third kappa shape index (κ3) is 1.83. The van der Waals surface area contributed by atoms with Gasteiger partial charge in [-0.3, -0.25) is 4.40 Å². The maximum absolute atomic E-state index is 12.4. The molecular weight excluding hydrogens is 275 g/mol. The van der Waals surface area contributed by atoms with Crippen molar-refractivity contribution >= 4 is 21.6 Å². The number of fused-ring (bicyclic) bond motifs is 1. The van der Waals surface area contributed by atoms with E-state index in [9.17, 15) is 13.2 Å². The molecule has 0 aliphatic carbocycles. The Kier molecular flexibility index (Phi) is 2.41. The molecule has 7 heteroatoms. The number of alkyl halides is 4. The van der Waals surface area contributed by atoms with Crippen molar-refractivity contribution < 1.29 is 13.2 Å². The highest BCUT2D eigenvalue weighted by Crippen LogP contribution is 2.29. The SMILES string of the molecule is FC(F)(F)c1ccc2nnc(CBr)n2c1.